The van der Waals surface area contributed by atoms with E-state index in [1.54, 1.807) is 0 Å². The van der Waals surface area contributed by atoms with Gasteiger partial charge in [0.1, 0.15) is 11.5 Å². The molecule has 0 N–H and O–H groups in total. The summed E-state index contributed by atoms with van der Waals surface area (Å²) < 4.78 is 5.96. The quantitative estimate of drug-likeness (QED) is 0.589. The van der Waals surface area contributed by atoms with Crippen LogP contribution in [-0.2, 0) is 0 Å². The number of rotatable bonds is 3. The molecule has 0 bridgehead atoms. The van der Waals surface area contributed by atoms with E-state index < -0.39 is 0 Å². The molecule has 0 saturated heterocycles. The average molecular weight is 281 g/mol. The highest BCUT2D eigenvalue weighted by molar-refractivity contribution is 6.30. The van der Waals surface area contributed by atoms with Gasteiger partial charge in [0, 0.05) is 10.6 Å². The SMILES string of the molecule is Clc1ccc(-c2ccccc2Oc2ccccc2)cc1. The van der Waals surface area contributed by atoms with E-state index in [0.717, 1.165) is 27.6 Å². The largest absolute Gasteiger partial charge is 0.457 e. The second-order valence-electron chi connectivity index (χ2n) is 4.42. The molecule has 20 heavy (non-hydrogen) atoms. The van der Waals surface area contributed by atoms with Gasteiger partial charge in [-0.15, -0.1) is 0 Å². The summed E-state index contributed by atoms with van der Waals surface area (Å²) in [5.74, 6) is 1.66. The molecule has 0 unspecified atom stereocenters. The lowest BCUT2D eigenvalue weighted by atomic mass is 10.0. The van der Waals surface area contributed by atoms with Crippen LogP contribution in [0.1, 0.15) is 0 Å². The van der Waals surface area contributed by atoms with Crippen LogP contribution in [0.4, 0.5) is 0 Å². The molecule has 0 saturated carbocycles. The fourth-order valence-corrected chi connectivity index (χ4v) is 2.17. The van der Waals surface area contributed by atoms with Crippen LogP contribution in [0.5, 0.6) is 11.5 Å². The molecule has 3 aromatic rings. The maximum absolute atomic E-state index is 5.96. The van der Waals surface area contributed by atoms with E-state index in [-0.39, 0.29) is 0 Å². The summed E-state index contributed by atoms with van der Waals surface area (Å²) in [6.07, 6.45) is 0. The topological polar surface area (TPSA) is 9.23 Å². The highest BCUT2D eigenvalue weighted by atomic mass is 35.5. The second kappa shape index (κ2) is 5.81. The molecule has 2 heteroatoms. The van der Waals surface area contributed by atoms with Crippen LogP contribution >= 0.6 is 11.6 Å². The van der Waals surface area contributed by atoms with Crippen molar-refractivity contribution >= 4 is 11.6 Å². The summed E-state index contributed by atoms with van der Waals surface area (Å²) in [5, 5.41) is 0.732. The van der Waals surface area contributed by atoms with E-state index in [1.165, 1.54) is 0 Å². The van der Waals surface area contributed by atoms with Gasteiger partial charge in [-0.25, -0.2) is 0 Å². The molecule has 0 atom stereocenters. The number of halogens is 1. The van der Waals surface area contributed by atoms with Crippen molar-refractivity contribution in [1.82, 2.24) is 0 Å². The van der Waals surface area contributed by atoms with Crippen molar-refractivity contribution in [3.8, 4) is 22.6 Å². The van der Waals surface area contributed by atoms with Gasteiger partial charge in [-0.1, -0.05) is 60.1 Å². The molecule has 0 aliphatic rings. The molecule has 0 amide bonds. The highest BCUT2D eigenvalue weighted by Gasteiger charge is 2.06. The van der Waals surface area contributed by atoms with Crippen LogP contribution in [0, 0.1) is 0 Å². The standard InChI is InChI=1S/C18H13ClO/c19-15-12-10-14(11-13-15)17-8-4-5-9-18(17)20-16-6-2-1-3-7-16/h1-13H. The first-order valence-corrected chi connectivity index (χ1v) is 6.78. The van der Waals surface area contributed by atoms with Gasteiger partial charge in [0.2, 0.25) is 0 Å². The predicted molar refractivity (Wildman–Crippen MR) is 83.4 cm³/mol. The minimum Gasteiger partial charge on any atom is -0.457 e. The van der Waals surface area contributed by atoms with Crippen molar-refractivity contribution in [1.29, 1.82) is 0 Å². The lowest BCUT2D eigenvalue weighted by Gasteiger charge is -2.11. The van der Waals surface area contributed by atoms with E-state index in [0.29, 0.717) is 0 Å². The first-order chi connectivity index (χ1) is 9.83. The third-order valence-corrected chi connectivity index (χ3v) is 3.27. The molecular formula is C18H13ClO. The Balaban J connectivity index is 1.98. The lowest BCUT2D eigenvalue weighted by molar-refractivity contribution is 0.484. The van der Waals surface area contributed by atoms with Crippen LogP contribution in [0.3, 0.4) is 0 Å². The summed E-state index contributed by atoms with van der Waals surface area (Å²) >= 11 is 5.94. The van der Waals surface area contributed by atoms with Crippen molar-refractivity contribution in [3.05, 3.63) is 83.9 Å². The van der Waals surface area contributed by atoms with E-state index >= 15 is 0 Å². The molecule has 3 rings (SSSR count). The van der Waals surface area contributed by atoms with E-state index in [9.17, 15) is 0 Å². The first kappa shape index (κ1) is 12.8. The fourth-order valence-electron chi connectivity index (χ4n) is 2.04. The van der Waals surface area contributed by atoms with Crippen molar-refractivity contribution < 1.29 is 4.74 Å². The van der Waals surface area contributed by atoms with Gasteiger partial charge in [0.05, 0.1) is 0 Å². The Morgan fingerprint density at radius 3 is 2.05 bits per heavy atom. The number of hydrogen-bond acceptors (Lipinski definition) is 1. The predicted octanol–water partition coefficient (Wildman–Crippen LogP) is 5.80. The number of hydrogen-bond donors (Lipinski definition) is 0. The Morgan fingerprint density at radius 2 is 1.30 bits per heavy atom. The Labute approximate surface area is 123 Å². The second-order valence-corrected chi connectivity index (χ2v) is 4.85. The van der Waals surface area contributed by atoms with Crippen molar-refractivity contribution in [2.45, 2.75) is 0 Å². The first-order valence-electron chi connectivity index (χ1n) is 6.41. The molecule has 0 radical (unpaired) electrons. The maximum Gasteiger partial charge on any atom is 0.135 e. The molecule has 0 fully saturated rings. The van der Waals surface area contributed by atoms with E-state index in [4.69, 9.17) is 16.3 Å². The van der Waals surface area contributed by atoms with Gasteiger partial charge in [0.25, 0.3) is 0 Å². The van der Waals surface area contributed by atoms with Crippen LogP contribution in [-0.4, -0.2) is 0 Å². The molecule has 0 aromatic heterocycles. The Morgan fingerprint density at radius 1 is 0.650 bits per heavy atom. The Hall–Kier alpha value is -2.25. The average Bonchev–Trinajstić information content (AvgIpc) is 2.50. The lowest BCUT2D eigenvalue weighted by Crippen LogP contribution is -1.87. The molecule has 1 nitrogen and oxygen atoms in total. The van der Waals surface area contributed by atoms with Gasteiger partial charge < -0.3 is 4.74 Å². The zero-order chi connectivity index (χ0) is 13.8. The fraction of sp³-hybridized carbons (Fsp3) is 0. The van der Waals surface area contributed by atoms with Crippen LogP contribution in [0.2, 0.25) is 5.02 Å². The van der Waals surface area contributed by atoms with Gasteiger partial charge in [-0.2, -0.15) is 0 Å². The van der Waals surface area contributed by atoms with Crippen molar-refractivity contribution in [2.75, 3.05) is 0 Å². The zero-order valence-electron chi connectivity index (χ0n) is 10.8. The van der Waals surface area contributed by atoms with Crippen LogP contribution in [0.25, 0.3) is 11.1 Å². The minimum absolute atomic E-state index is 0.732. The molecule has 0 heterocycles. The molecule has 0 aliphatic carbocycles. The highest BCUT2D eigenvalue weighted by Crippen LogP contribution is 2.33. The monoisotopic (exact) mass is 280 g/mol. The normalized spacial score (nSPS) is 10.2. The Kier molecular flexibility index (Phi) is 3.71. The van der Waals surface area contributed by atoms with E-state index in [2.05, 4.69) is 0 Å². The Bertz CT molecular complexity index is 690. The summed E-state index contributed by atoms with van der Waals surface area (Å²) in [5.41, 5.74) is 2.13. The van der Waals surface area contributed by atoms with E-state index in [1.807, 2.05) is 78.9 Å². The third kappa shape index (κ3) is 2.84. The molecule has 98 valence electrons. The molecular weight excluding hydrogens is 268 g/mol. The molecule has 0 aliphatic heterocycles. The zero-order valence-corrected chi connectivity index (χ0v) is 11.5. The maximum atomic E-state index is 5.96. The van der Waals surface area contributed by atoms with Gasteiger partial charge in [-0.05, 0) is 35.9 Å². The van der Waals surface area contributed by atoms with Crippen molar-refractivity contribution in [3.63, 3.8) is 0 Å². The summed E-state index contributed by atoms with van der Waals surface area (Å²) in [4.78, 5) is 0. The van der Waals surface area contributed by atoms with Gasteiger partial charge in [0.15, 0.2) is 0 Å². The smallest absolute Gasteiger partial charge is 0.135 e. The van der Waals surface area contributed by atoms with Gasteiger partial charge >= 0.3 is 0 Å². The number of para-hydroxylation sites is 2. The summed E-state index contributed by atoms with van der Waals surface area (Å²) in [6.45, 7) is 0. The third-order valence-electron chi connectivity index (χ3n) is 3.01. The van der Waals surface area contributed by atoms with Crippen LogP contribution in [0.15, 0.2) is 78.9 Å². The van der Waals surface area contributed by atoms with Crippen LogP contribution < -0.4 is 4.74 Å². The van der Waals surface area contributed by atoms with Gasteiger partial charge in [-0.3, -0.25) is 0 Å². The number of ether oxygens (including phenoxy) is 1. The van der Waals surface area contributed by atoms with Crippen molar-refractivity contribution in [2.24, 2.45) is 0 Å². The summed E-state index contributed by atoms with van der Waals surface area (Å²) in [7, 11) is 0. The molecule has 3 aromatic carbocycles. The molecule has 0 spiro atoms. The number of benzene rings is 3. The minimum atomic E-state index is 0.732. The summed E-state index contributed by atoms with van der Waals surface area (Å²) in [6, 6.07) is 25.5.